The maximum Gasteiger partial charge on any atom is 0.271 e. The fourth-order valence-corrected chi connectivity index (χ4v) is 4.05. The molecule has 1 saturated heterocycles. The van der Waals surface area contributed by atoms with Gasteiger partial charge in [-0.3, -0.25) is 9.36 Å². The molecule has 5 nitrogen and oxygen atoms in total. The maximum absolute atomic E-state index is 12.7. The molecule has 3 aromatic rings. The average molecular weight is 342 g/mol. The summed E-state index contributed by atoms with van der Waals surface area (Å²) in [6.07, 6.45) is 3.83. The van der Waals surface area contributed by atoms with E-state index in [9.17, 15) is 4.79 Å². The van der Waals surface area contributed by atoms with Crippen molar-refractivity contribution in [2.45, 2.75) is 25.5 Å². The van der Waals surface area contributed by atoms with E-state index >= 15 is 0 Å². The van der Waals surface area contributed by atoms with Crippen LogP contribution < -0.4 is 10.3 Å². The van der Waals surface area contributed by atoms with Crippen LogP contribution in [0.25, 0.3) is 20.7 Å². The van der Waals surface area contributed by atoms with Gasteiger partial charge < -0.3 is 9.47 Å². The molecule has 4 rings (SSSR count). The van der Waals surface area contributed by atoms with Gasteiger partial charge in [-0.15, -0.1) is 11.3 Å². The molecule has 124 valence electrons. The minimum Gasteiger partial charge on any atom is -0.497 e. The Morgan fingerprint density at radius 1 is 1.38 bits per heavy atom. The van der Waals surface area contributed by atoms with Crippen LogP contribution in [0.5, 0.6) is 5.75 Å². The molecule has 0 N–H and O–H groups in total. The van der Waals surface area contributed by atoms with Crippen LogP contribution in [-0.4, -0.2) is 29.4 Å². The summed E-state index contributed by atoms with van der Waals surface area (Å²) in [5.41, 5.74) is 1.82. The number of rotatable bonds is 4. The van der Waals surface area contributed by atoms with E-state index in [2.05, 4.69) is 4.98 Å². The molecule has 1 aliphatic heterocycles. The molecule has 0 bridgehead atoms. The zero-order chi connectivity index (χ0) is 16.5. The zero-order valence-electron chi connectivity index (χ0n) is 13.4. The lowest BCUT2D eigenvalue weighted by atomic mass is 10.2. The molecule has 0 amide bonds. The molecule has 2 aromatic heterocycles. The summed E-state index contributed by atoms with van der Waals surface area (Å²) in [6, 6.07) is 9.80. The van der Waals surface area contributed by atoms with E-state index in [0.717, 1.165) is 41.2 Å². The Kier molecular flexibility index (Phi) is 4.08. The van der Waals surface area contributed by atoms with Crippen molar-refractivity contribution in [1.82, 2.24) is 9.55 Å². The van der Waals surface area contributed by atoms with Gasteiger partial charge in [0.25, 0.3) is 5.56 Å². The second-order valence-corrected chi connectivity index (χ2v) is 6.94. The van der Waals surface area contributed by atoms with Gasteiger partial charge in [0.1, 0.15) is 10.4 Å². The van der Waals surface area contributed by atoms with Crippen LogP contribution >= 0.6 is 11.3 Å². The first-order valence-electron chi connectivity index (χ1n) is 7.99. The van der Waals surface area contributed by atoms with Crippen LogP contribution in [0.1, 0.15) is 12.8 Å². The third-order valence-corrected chi connectivity index (χ3v) is 5.46. The Hall–Kier alpha value is -2.18. The van der Waals surface area contributed by atoms with Crippen LogP contribution in [0.15, 0.2) is 41.5 Å². The minimum absolute atomic E-state index is 0.0141. The van der Waals surface area contributed by atoms with Crippen LogP contribution in [0.3, 0.4) is 0 Å². The number of ether oxygens (including phenoxy) is 2. The number of hydrogen-bond donors (Lipinski definition) is 0. The molecular formula is C18H18N2O3S. The molecule has 1 aliphatic rings. The van der Waals surface area contributed by atoms with E-state index in [0.29, 0.717) is 11.2 Å². The van der Waals surface area contributed by atoms with Crippen molar-refractivity contribution >= 4 is 21.6 Å². The van der Waals surface area contributed by atoms with Gasteiger partial charge in [-0.05, 0) is 48.7 Å². The lowest BCUT2D eigenvalue weighted by Gasteiger charge is -2.10. The second kappa shape index (κ2) is 6.37. The minimum atomic E-state index is 0.0141. The van der Waals surface area contributed by atoms with Gasteiger partial charge in [0, 0.05) is 11.5 Å². The van der Waals surface area contributed by atoms with Crippen LogP contribution in [0, 0.1) is 0 Å². The number of thiophene rings is 1. The molecule has 0 saturated carbocycles. The van der Waals surface area contributed by atoms with Gasteiger partial charge in [-0.2, -0.15) is 0 Å². The van der Waals surface area contributed by atoms with E-state index in [4.69, 9.17) is 9.47 Å². The summed E-state index contributed by atoms with van der Waals surface area (Å²) < 4.78 is 13.2. The van der Waals surface area contributed by atoms with Gasteiger partial charge in [-0.1, -0.05) is 0 Å². The number of benzene rings is 1. The first-order valence-corrected chi connectivity index (χ1v) is 8.81. The topological polar surface area (TPSA) is 53.4 Å². The Labute approximate surface area is 143 Å². The quantitative estimate of drug-likeness (QED) is 0.730. The third-order valence-electron chi connectivity index (χ3n) is 4.30. The highest BCUT2D eigenvalue weighted by Crippen LogP contribution is 2.31. The third kappa shape index (κ3) is 2.83. The van der Waals surface area contributed by atoms with Gasteiger partial charge in [0.15, 0.2) is 0 Å². The van der Waals surface area contributed by atoms with Crippen LogP contribution in [0.4, 0.5) is 0 Å². The lowest BCUT2D eigenvalue weighted by Crippen LogP contribution is -2.26. The van der Waals surface area contributed by atoms with Crippen molar-refractivity contribution < 1.29 is 9.47 Å². The van der Waals surface area contributed by atoms with E-state index < -0.39 is 0 Å². The van der Waals surface area contributed by atoms with Crippen molar-refractivity contribution in [2.24, 2.45) is 0 Å². The zero-order valence-corrected chi connectivity index (χ0v) is 14.2. The van der Waals surface area contributed by atoms with Crippen molar-refractivity contribution in [3.05, 3.63) is 47.0 Å². The predicted molar refractivity (Wildman–Crippen MR) is 94.8 cm³/mol. The Morgan fingerprint density at radius 2 is 2.21 bits per heavy atom. The van der Waals surface area contributed by atoms with Crippen LogP contribution in [0.2, 0.25) is 0 Å². The van der Waals surface area contributed by atoms with Crippen molar-refractivity contribution in [1.29, 1.82) is 0 Å². The normalized spacial score (nSPS) is 17.5. The first-order chi connectivity index (χ1) is 11.7. The van der Waals surface area contributed by atoms with Gasteiger partial charge in [0.2, 0.25) is 0 Å². The highest BCUT2D eigenvalue weighted by atomic mass is 32.1. The molecule has 6 heteroatoms. The van der Waals surface area contributed by atoms with Crippen LogP contribution in [-0.2, 0) is 11.3 Å². The summed E-state index contributed by atoms with van der Waals surface area (Å²) in [5.74, 6) is 0.817. The van der Waals surface area contributed by atoms with E-state index in [1.807, 2.05) is 30.3 Å². The van der Waals surface area contributed by atoms with Crippen molar-refractivity contribution in [3.8, 4) is 16.2 Å². The Bertz CT molecular complexity index is 908. The summed E-state index contributed by atoms with van der Waals surface area (Å²) in [6.45, 7) is 1.37. The number of methoxy groups -OCH3 is 1. The van der Waals surface area contributed by atoms with E-state index in [-0.39, 0.29) is 11.7 Å². The highest BCUT2D eigenvalue weighted by molar-refractivity contribution is 7.22. The number of nitrogens with zero attached hydrogens (tertiary/aromatic N) is 2. The smallest absolute Gasteiger partial charge is 0.271 e. The molecular weight excluding hydrogens is 324 g/mol. The van der Waals surface area contributed by atoms with Gasteiger partial charge in [0.05, 0.1) is 31.6 Å². The fourth-order valence-electron chi connectivity index (χ4n) is 2.98. The second-order valence-electron chi connectivity index (χ2n) is 5.89. The van der Waals surface area contributed by atoms with E-state index in [1.165, 1.54) is 11.3 Å². The summed E-state index contributed by atoms with van der Waals surface area (Å²) in [4.78, 5) is 18.2. The standard InChI is InChI=1S/C18H18N2O3S/c1-22-13-6-4-12(5-7-13)16-9-15-17(24-16)18(21)20(11-19-15)10-14-3-2-8-23-14/h4-7,9,11,14H,2-3,8,10H2,1H3. The largest absolute Gasteiger partial charge is 0.497 e. The predicted octanol–water partition coefficient (Wildman–Crippen LogP) is 3.31. The van der Waals surface area contributed by atoms with Gasteiger partial charge in [-0.25, -0.2) is 4.98 Å². The average Bonchev–Trinajstić information content (AvgIpc) is 3.27. The number of aromatic nitrogens is 2. The molecule has 24 heavy (non-hydrogen) atoms. The molecule has 3 heterocycles. The molecule has 1 fully saturated rings. The van der Waals surface area contributed by atoms with Gasteiger partial charge >= 0.3 is 0 Å². The molecule has 0 spiro atoms. The Balaban J connectivity index is 1.69. The first kappa shape index (κ1) is 15.4. The molecule has 1 atom stereocenters. The number of fused-ring (bicyclic) bond motifs is 1. The maximum atomic E-state index is 12.7. The summed E-state index contributed by atoms with van der Waals surface area (Å²) >= 11 is 1.49. The molecule has 0 radical (unpaired) electrons. The van der Waals surface area contributed by atoms with Crippen molar-refractivity contribution in [3.63, 3.8) is 0 Å². The van der Waals surface area contributed by atoms with E-state index in [1.54, 1.807) is 18.0 Å². The Morgan fingerprint density at radius 3 is 2.92 bits per heavy atom. The molecule has 1 aromatic carbocycles. The van der Waals surface area contributed by atoms with Crippen molar-refractivity contribution in [2.75, 3.05) is 13.7 Å². The highest BCUT2D eigenvalue weighted by Gasteiger charge is 2.18. The SMILES string of the molecule is COc1ccc(-c2cc3ncn(CC4CCCO4)c(=O)c3s2)cc1. The molecule has 1 unspecified atom stereocenters. The monoisotopic (exact) mass is 342 g/mol. The lowest BCUT2D eigenvalue weighted by molar-refractivity contribution is 0.0960. The summed E-state index contributed by atoms with van der Waals surface area (Å²) in [5, 5.41) is 0. The summed E-state index contributed by atoms with van der Waals surface area (Å²) in [7, 11) is 1.65. The molecule has 0 aliphatic carbocycles. The number of hydrogen-bond acceptors (Lipinski definition) is 5. The fraction of sp³-hybridized carbons (Fsp3) is 0.333.